The molecule has 0 aliphatic carbocycles. The van der Waals surface area contributed by atoms with Gasteiger partial charge in [-0.1, -0.05) is 12.1 Å². The predicted molar refractivity (Wildman–Crippen MR) is 98.5 cm³/mol. The number of nitrogens with zero attached hydrogens (tertiary/aromatic N) is 1. The Hall–Kier alpha value is -0.250. The van der Waals surface area contributed by atoms with Crippen molar-refractivity contribution in [2.75, 3.05) is 18.0 Å². The number of nitrogens with two attached hydrogens (primary N) is 1. The first-order valence-corrected chi connectivity index (χ1v) is 9.43. The molecule has 0 atom stereocenters. The molecule has 8 heteroatoms. The second-order valence-electron chi connectivity index (χ2n) is 5.82. The van der Waals surface area contributed by atoms with E-state index in [1.165, 1.54) is 11.3 Å². The summed E-state index contributed by atoms with van der Waals surface area (Å²) in [6.45, 7) is 1.42. The normalized spacial score (nSPS) is 18.6. The minimum atomic E-state index is -4.20. The van der Waals surface area contributed by atoms with Gasteiger partial charge in [-0.15, -0.1) is 22.9 Å². The first-order valence-electron chi connectivity index (χ1n) is 7.16. The molecule has 2 N–H and O–H groups in total. The molecule has 2 nitrogen and oxygen atoms in total. The lowest BCUT2D eigenvalue weighted by Crippen LogP contribution is -2.46. The molecule has 0 spiro atoms. The fraction of sp³-hybridized carbons (Fsp3) is 0.467. The Morgan fingerprint density at radius 3 is 2.57 bits per heavy atom. The summed E-state index contributed by atoms with van der Waals surface area (Å²) in [5.41, 5.74) is 7.30. The van der Waals surface area contributed by atoms with Gasteiger partial charge in [0, 0.05) is 13.1 Å². The quantitative estimate of drug-likeness (QED) is 0.373. The molecule has 1 saturated heterocycles. The van der Waals surface area contributed by atoms with Crippen LogP contribution < -0.4 is 10.6 Å². The number of thiophene rings is 1. The number of hydrogen-bond donors (Lipinski definition) is 1. The van der Waals surface area contributed by atoms with E-state index in [1.807, 2.05) is 34.7 Å². The van der Waals surface area contributed by atoms with E-state index >= 15 is 0 Å². The summed E-state index contributed by atoms with van der Waals surface area (Å²) in [5, 5.41) is 0.699. The van der Waals surface area contributed by atoms with Gasteiger partial charge in [0.15, 0.2) is 0 Å². The van der Waals surface area contributed by atoms with Gasteiger partial charge in [0.25, 0.3) is 0 Å². The van der Waals surface area contributed by atoms with Crippen molar-refractivity contribution in [2.24, 2.45) is 5.73 Å². The van der Waals surface area contributed by atoms with Crippen LogP contribution in [0.25, 0.3) is 10.1 Å². The van der Waals surface area contributed by atoms with Crippen molar-refractivity contribution in [3.8, 4) is 0 Å². The molecule has 0 amide bonds. The van der Waals surface area contributed by atoms with Gasteiger partial charge in [-0.25, -0.2) is 0 Å². The lowest BCUT2D eigenvalue weighted by atomic mass is 10.0. The number of hydrogen-bond acceptors (Lipinski definition) is 3. The topological polar surface area (TPSA) is 29.3 Å². The van der Waals surface area contributed by atoms with E-state index in [0.717, 1.165) is 10.4 Å². The predicted octanol–water partition coefficient (Wildman–Crippen LogP) is 5.10. The monoisotopic (exact) mass is 474 g/mol. The summed E-state index contributed by atoms with van der Waals surface area (Å²) in [5.74, 6) is 0. The van der Waals surface area contributed by atoms with Crippen molar-refractivity contribution in [1.29, 1.82) is 0 Å². The second-order valence-corrected chi connectivity index (χ2v) is 9.41. The van der Waals surface area contributed by atoms with Crippen LogP contribution in [0, 0.1) is 2.88 Å². The third kappa shape index (κ3) is 3.88. The Labute approximate surface area is 154 Å². The number of piperidine rings is 1. The summed E-state index contributed by atoms with van der Waals surface area (Å²) in [6.07, 6.45) is -3.78. The number of alkyl halides is 4. The van der Waals surface area contributed by atoms with E-state index in [4.69, 9.17) is 17.3 Å². The van der Waals surface area contributed by atoms with Crippen LogP contribution in [0.1, 0.15) is 18.4 Å². The minimum Gasteiger partial charge on any atom is -0.370 e. The summed E-state index contributed by atoms with van der Waals surface area (Å²) in [4.78, 5) is 1.50. The standard InChI is InChI=1S/C15H15ClF3IN2S/c16-14(21)4-6-22(7-5-14)11-3-1-2-9-10(8-15(17,18)19)13(20)23-12(9)11/h1-3H,4-8,21H2. The van der Waals surface area contributed by atoms with Gasteiger partial charge in [0.2, 0.25) is 0 Å². The molecule has 1 aromatic heterocycles. The summed E-state index contributed by atoms with van der Waals surface area (Å²) >= 11 is 9.60. The van der Waals surface area contributed by atoms with Gasteiger partial charge in [0.1, 0.15) is 0 Å². The smallest absolute Gasteiger partial charge is 0.370 e. The molecule has 126 valence electrons. The van der Waals surface area contributed by atoms with Crippen molar-refractivity contribution >= 4 is 61.3 Å². The maximum atomic E-state index is 12.8. The molecule has 0 saturated carbocycles. The van der Waals surface area contributed by atoms with Gasteiger partial charge in [-0.2, -0.15) is 13.2 Å². The zero-order valence-corrected chi connectivity index (χ0v) is 15.8. The van der Waals surface area contributed by atoms with Crippen LogP contribution >= 0.6 is 45.5 Å². The van der Waals surface area contributed by atoms with Crippen molar-refractivity contribution in [2.45, 2.75) is 30.4 Å². The molecule has 0 unspecified atom stereocenters. The first-order chi connectivity index (χ1) is 10.7. The SMILES string of the molecule is NC1(Cl)CCN(c2cccc3c(CC(F)(F)F)c(I)sc23)CC1. The number of halogens is 5. The van der Waals surface area contributed by atoms with E-state index in [-0.39, 0.29) is 0 Å². The van der Waals surface area contributed by atoms with E-state index < -0.39 is 17.6 Å². The number of anilines is 1. The van der Waals surface area contributed by atoms with Gasteiger partial charge in [0.05, 0.1) is 24.7 Å². The Morgan fingerprint density at radius 1 is 1.30 bits per heavy atom. The van der Waals surface area contributed by atoms with E-state index in [2.05, 4.69) is 4.90 Å². The lowest BCUT2D eigenvalue weighted by Gasteiger charge is -2.36. The van der Waals surface area contributed by atoms with Crippen molar-refractivity contribution in [1.82, 2.24) is 0 Å². The lowest BCUT2D eigenvalue weighted by molar-refractivity contribution is -0.127. The maximum absolute atomic E-state index is 12.8. The highest BCUT2D eigenvalue weighted by Gasteiger charge is 2.32. The highest BCUT2D eigenvalue weighted by Crippen LogP contribution is 2.41. The van der Waals surface area contributed by atoms with Crippen LogP contribution in [0.5, 0.6) is 0 Å². The van der Waals surface area contributed by atoms with Gasteiger partial charge < -0.3 is 10.6 Å². The van der Waals surface area contributed by atoms with Crippen molar-refractivity contribution in [3.63, 3.8) is 0 Å². The van der Waals surface area contributed by atoms with Crippen LogP contribution in [0.2, 0.25) is 0 Å². The molecule has 1 aliphatic heterocycles. The fourth-order valence-electron chi connectivity index (χ4n) is 2.86. The molecule has 1 aromatic carbocycles. The molecule has 2 heterocycles. The molecule has 3 rings (SSSR count). The molecule has 0 radical (unpaired) electrons. The van der Waals surface area contributed by atoms with Gasteiger partial charge in [-0.3, -0.25) is 0 Å². The Balaban J connectivity index is 1.99. The summed E-state index contributed by atoms with van der Waals surface area (Å²) < 4.78 is 40.1. The molecule has 2 aromatic rings. The molecular weight excluding hydrogens is 460 g/mol. The average molecular weight is 475 g/mol. The van der Waals surface area contributed by atoms with Crippen LogP contribution in [0.3, 0.4) is 0 Å². The van der Waals surface area contributed by atoms with Gasteiger partial charge in [-0.05, 0) is 52.4 Å². The fourth-order valence-corrected chi connectivity index (χ4v) is 5.26. The molecule has 1 fully saturated rings. The number of fused-ring (bicyclic) bond motifs is 1. The minimum absolute atomic E-state index is 0.377. The van der Waals surface area contributed by atoms with E-state index in [1.54, 1.807) is 6.07 Å². The third-order valence-corrected chi connectivity index (χ3v) is 6.81. The zero-order chi connectivity index (χ0) is 16.8. The van der Waals surface area contributed by atoms with E-state index in [9.17, 15) is 13.2 Å². The second kappa shape index (κ2) is 6.24. The Kier molecular flexibility index (Phi) is 4.76. The number of benzene rings is 1. The first kappa shape index (κ1) is 17.6. The molecular formula is C15H15ClF3IN2S. The van der Waals surface area contributed by atoms with Crippen molar-refractivity contribution in [3.05, 3.63) is 26.6 Å². The van der Waals surface area contributed by atoms with Crippen molar-refractivity contribution < 1.29 is 13.2 Å². The highest BCUT2D eigenvalue weighted by molar-refractivity contribution is 14.1. The van der Waals surface area contributed by atoms with Crippen LogP contribution in [0.15, 0.2) is 18.2 Å². The molecule has 1 aliphatic rings. The van der Waals surface area contributed by atoms with Gasteiger partial charge >= 0.3 is 6.18 Å². The van der Waals surface area contributed by atoms with Crippen LogP contribution in [-0.4, -0.2) is 24.3 Å². The maximum Gasteiger partial charge on any atom is 0.393 e. The highest BCUT2D eigenvalue weighted by atomic mass is 127. The third-order valence-electron chi connectivity index (χ3n) is 4.06. The van der Waals surface area contributed by atoms with Crippen LogP contribution in [0.4, 0.5) is 18.9 Å². The van der Waals surface area contributed by atoms with Crippen LogP contribution in [-0.2, 0) is 6.42 Å². The summed E-state index contributed by atoms with van der Waals surface area (Å²) in [6, 6.07) is 5.56. The Morgan fingerprint density at radius 2 is 1.96 bits per heavy atom. The largest absolute Gasteiger partial charge is 0.393 e. The Bertz CT molecular complexity index is 719. The molecule has 23 heavy (non-hydrogen) atoms. The summed E-state index contributed by atoms with van der Waals surface area (Å²) in [7, 11) is 0. The number of rotatable bonds is 2. The molecule has 0 bridgehead atoms. The van der Waals surface area contributed by atoms with E-state index in [0.29, 0.717) is 39.8 Å². The average Bonchev–Trinajstić information content (AvgIpc) is 2.74. The zero-order valence-electron chi connectivity index (χ0n) is 12.1.